The Morgan fingerprint density at radius 1 is 1.17 bits per heavy atom. The minimum absolute atomic E-state index is 0.0662. The van der Waals surface area contributed by atoms with Gasteiger partial charge in [-0.1, -0.05) is 15.9 Å². The highest BCUT2D eigenvalue weighted by molar-refractivity contribution is 9.11. The Morgan fingerprint density at radius 3 is 2.50 bits per heavy atom. The molecule has 0 spiro atoms. The zero-order valence-electron chi connectivity index (χ0n) is 9.24. The van der Waals surface area contributed by atoms with Crippen molar-refractivity contribution < 1.29 is 17.9 Å². The van der Waals surface area contributed by atoms with Crippen LogP contribution in [0.15, 0.2) is 27.1 Å². The fourth-order valence-electron chi connectivity index (χ4n) is 1.06. The molecular weight excluding hydrogens is 411 g/mol. The van der Waals surface area contributed by atoms with Crippen LogP contribution in [0.25, 0.3) is 0 Å². The van der Waals surface area contributed by atoms with Crippen molar-refractivity contribution in [3.8, 4) is 5.75 Å². The van der Waals surface area contributed by atoms with E-state index in [4.69, 9.17) is 20.2 Å². The predicted octanol–water partition coefficient (Wildman–Crippen LogP) is 3.18. The second kappa shape index (κ2) is 7.69. The molecule has 0 saturated heterocycles. The molecule has 4 nitrogen and oxygen atoms in total. The number of halogens is 3. The Morgan fingerprint density at radius 2 is 1.89 bits per heavy atom. The first-order valence-corrected chi connectivity index (χ1v) is 9.03. The molecule has 1 rings (SSSR count). The van der Waals surface area contributed by atoms with E-state index in [0.29, 0.717) is 19.0 Å². The van der Waals surface area contributed by atoms with Gasteiger partial charge >= 0.3 is 0 Å². The summed E-state index contributed by atoms with van der Waals surface area (Å²) in [6.45, 7) is 0.703. The molecule has 0 N–H and O–H groups in total. The van der Waals surface area contributed by atoms with Crippen molar-refractivity contribution in [1.82, 2.24) is 0 Å². The lowest BCUT2D eigenvalue weighted by Crippen LogP contribution is -2.12. The van der Waals surface area contributed by atoms with Gasteiger partial charge in [0.1, 0.15) is 12.4 Å². The summed E-state index contributed by atoms with van der Waals surface area (Å²) in [6.07, 6.45) is 0. The maximum absolute atomic E-state index is 10.6. The first kappa shape index (κ1) is 16.2. The zero-order chi connectivity index (χ0) is 13.6. The summed E-state index contributed by atoms with van der Waals surface area (Å²) in [6, 6.07) is 5.55. The highest BCUT2D eigenvalue weighted by atomic mass is 79.9. The van der Waals surface area contributed by atoms with Crippen LogP contribution in [0.3, 0.4) is 0 Å². The third-order valence-corrected chi connectivity index (χ3v) is 4.08. The summed E-state index contributed by atoms with van der Waals surface area (Å²) in [7, 11) is 1.55. The molecule has 102 valence electrons. The van der Waals surface area contributed by atoms with Crippen LogP contribution in [-0.2, 0) is 13.8 Å². The molecule has 8 heteroatoms. The smallest absolute Gasteiger partial charge is 0.234 e. The molecule has 0 radical (unpaired) electrons. The molecule has 0 aliphatic carbocycles. The minimum atomic E-state index is -3.48. The van der Waals surface area contributed by atoms with Crippen molar-refractivity contribution in [3.05, 3.63) is 27.1 Å². The van der Waals surface area contributed by atoms with E-state index >= 15 is 0 Å². The molecule has 0 amide bonds. The predicted molar refractivity (Wildman–Crippen MR) is 77.8 cm³/mol. The standard InChI is InChI=1S/C10H11Br2ClO4S/c11-8-1-2-10(9(12)7-8)17-4-3-16-5-6-18(13,14)15/h1-2,7H,3-6H2. The molecule has 1 aromatic carbocycles. The number of hydrogen-bond donors (Lipinski definition) is 0. The minimum Gasteiger partial charge on any atom is -0.490 e. The summed E-state index contributed by atoms with van der Waals surface area (Å²) in [5.41, 5.74) is 0. The van der Waals surface area contributed by atoms with Crippen LogP contribution in [0.1, 0.15) is 0 Å². The van der Waals surface area contributed by atoms with Crippen LogP contribution in [-0.4, -0.2) is 34.0 Å². The van der Waals surface area contributed by atoms with Crippen molar-refractivity contribution in [2.75, 3.05) is 25.6 Å². The quantitative estimate of drug-likeness (QED) is 0.500. The van der Waals surface area contributed by atoms with Crippen LogP contribution in [0, 0.1) is 0 Å². The Bertz CT molecular complexity index is 493. The average Bonchev–Trinajstić information content (AvgIpc) is 2.24. The van der Waals surface area contributed by atoms with Crippen LogP contribution in [0.4, 0.5) is 0 Å². The summed E-state index contributed by atoms with van der Waals surface area (Å²) in [5, 5.41) is 0. The van der Waals surface area contributed by atoms with Crippen LogP contribution < -0.4 is 4.74 Å². The average molecular weight is 423 g/mol. The van der Waals surface area contributed by atoms with Gasteiger partial charge in [-0.05, 0) is 34.1 Å². The molecule has 0 bridgehead atoms. The van der Waals surface area contributed by atoms with Gasteiger partial charge < -0.3 is 9.47 Å². The molecule has 0 unspecified atom stereocenters. The first-order chi connectivity index (χ1) is 8.38. The van der Waals surface area contributed by atoms with E-state index in [1.54, 1.807) is 0 Å². The lowest BCUT2D eigenvalue weighted by Gasteiger charge is -2.08. The fourth-order valence-corrected chi connectivity index (χ4v) is 2.73. The number of ether oxygens (including phenoxy) is 2. The van der Waals surface area contributed by atoms with Crippen molar-refractivity contribution in [2.45, 2.75) is 0 Å². The molecule has 0 saturated carbocycles. The van der Waals surface area contributed by atoms with Gasteiger partial charge in [0, 0.05) is 15.2 Å². The van der Waals surface area contributed by atoms with Crippen molar-refractivity contribution in [2.24, 2.45) is 0 Å². The molecule has 0 atom stereocenters. The molecule has 0 aliphatic rings. The normalized spacial score (nSPS) is 11.5. The number of hydrogen-bond acceptors (Lipinski definition) is 4. The molecule has 0 fully saturated rings. The second-order valence-electron chi connectivity index (χ2n) is 3.28. The monoisotopic (exact) mass is 420 g/mol. The van der Waals surface area contributed by atoms with Crippen molar-refractivity contribution >= 4 is 51.6 Å². The summed E-state index contributed by atoms with van der Waals surface area (Å²) >= 11 is 6.70. The molecule has 0 aliphatic heterocycles. The van der Waals surface area contributed by atoms with E-state index in [1.807, 2.05) is 18.2 Å². The van der Waals surface area contributed by atoms with Gasteiger partial charge in [-0.25, -0.2) is 8.42 Å². The number of rotatable bonds is 7. The van der Waals surface area contributed by atoms with Crippen molar-refractivity contribution in [1.29, 1.82) is 0 Å². The van der Waals surface area contributed by atoms with E-state index in [-0.39, 0.29) is 12.4 Å². The lowest BCUT2D eigenvalue weighted by molar-refractivity contribution is 0.111. The highest BCUT2D eigenvalue weighted by Gasteiger charge is 2.05. The van der Waals surface area contributed by atoms with Gasteiger partial charge in [0.05, 0.1) is 23.4 Å². The molecule has 0 heterocycles. The third-order valence-electron chi connectivity index (χ3n) is 1.85. The van der Waals surface area contributed by atoms with E-state index in [2.05, 4.69) is 31.9 Å². The maximum Gasteiger partial charge on any atom is 0.234 e. The third kappa shape index (κ3) is 6.94. The van der Waals surface area contributed by atoms with E-state index < -0.39 is 9.05 Å². The molecule has 1 aromatic rings. The maximum atomic E-state index is 10.6. The topological polar surface area (TPSA) is 52.6 Å². The van der Waals surface area contributed by atoms with Crippen LogP contribution in [0.2, 0.25) is 0 Å². The Labute approximate surface area is 127 Å². The Balaban J connectivity index is 2.22. The molecule has 0 aromatic heterocycles. The highest BCUT2D eigenvalue weighted by Crippen LogP contribution is 2.27. The second-order valence-corrected chi connectivity index (χ2v) is 7.95. The van der Waals surface area contributed by atoms with Gasteiger partial charge in [-0.15, -0.1) is 0 Å². The van der Waals surface area contributed by atoms with Gasteiger partial charge in [0.2, 0.25) is 9.05 Å². The summed E-state index contributed by atoms with van der Waals surface area (Å²) in [4.78, 5) is 0. The van der Waals surface area contributed by atoms with Crippen LogP contribution in [0.5, 0.6) is 5.75 Å². The first-order valence-electron chi connectivity index (χ1n) is 4.96. The SMILES string of the molecule is O=S(=O)(Cl)CCOCCOc1ccc(Br)cc1Br. The van der Waals surface area contributed by atoms with E-state index in [0.717, 1.165) is 8.95 Å². The van der Waals surface area contributed by atoms with Crippen molar-refractivity contribution in [3.63, 3.8) is 0 Å². The Hall–Kier alpha value is 0.180. The summed E-state index contributed by atoms with van der Waals surface area (Å²) in [5.74, 6) is 0.503. The summed E-state index contributed by atoms with van der Waals surface area (Å²) < 4.78 is 33.5. The largest absolute Gasteiger partial charge is 0.490 e. The lowest BCUT2D eigenvalue weighted by atomic mass is 10.3. The fraction of sp³-hybridized carbons (Fsp3) is 0.400. The molecule has 18 heavy (non-hydrogen) atoms. The van der Waals surface area contributed by atoms with Gasteiger partial charge in [-0.2, -0.15) is 0 Å². The zero-order valence-corrected chi connectivity index (χ0v) is 14.0. The number of benzene rings is 1. The van der Waals surface area contributed by atoms with Crippen LogP contribution >= 0.6 is 42.5 Å². The van der Waals surface area contributed by atoms with Gasteiger partial charge in [0.25, 0.3) is 0 Å². The van der Waals surface area contributed by atoms with Gasteiger partial charge in [0.15, 0.2) is 0 Å². The molecular formula is C10H11Br2ClO4S. The Kier molecular flexibility index (Phi) is 6.94. The van der Waals surface area contributed by atoms with E-state index in [9.17, 15) is 8.42 Å². The van der Waals surface area contributed by atoms with E-state index in [1.165, 1.54) is 0 Å². The van der Waals surface area contributed by atoms with Gasteiger partial charge in [-0.3, -0.25) is 0 Å².